The number of hydrogen-bond acceptors (Lipinski definition) is 0. The van der Waals surface area contributed by atoms with Gasteiger partial charge in [-0.3, -0.25) is 0 Å². The number of alkyl halides is 1. The molecule has 0 aliphatic carbocycles. The van der Waals surface area contributed by atoms with E-state index in [4.69, 9.17) is 0 Å². The summed E-state index contributed by atoms with van der Waals surface area (Å²) in [7, 11) is 0. The van der Waals surface area contributed by atoms with E-state index in [9.17, 15) is 9.50 Å². The fourth-order valence-electron chi connectivity index (χ4n) is 0. The van der Waals surface area contributed by atoms with Gasteiger partial charge in [0.15, 0.2) is 0 Å². The first kappa shape index (κ1) is 4.89. The summed E-state index contributed by atoms with van der Waals surface area (Å²) >= 11 is 0. The standard InChI is InChI=1S/C3H6FO/c1-2-3(4)5/h3H,2H2,1H3/t3-/m1/s1. The van der Waals surface area contributed by atoms with Crippen LogP contribution in [0.5, 0.6) is 0 Å². The van der Waals surface area contributed by atoms with Crippen molar-refractivity contribution < 1.29 is 9.50 Å². The lowest BCUT2D eigenvalue weighted by Crippen LogP contribution is -1.87. The quantitative estimate of drug-likeness (QED) is 0.447. The second kappa shape index (κ2) is 2.15. The van der Waals surface area contributed by atoms with Crippen molar-refractivity contribution in [3.05, 3.63) is 0 Å². The molecule has 0 fully saturated rings. The van der Waals surface area contributed by atoms with Crippen LogP contribution in [0.4, 0.5) is 4.39 Å². The topological polar surface area (TPSA) is 19.9 Å². The molecule has 1 atom stereocenters. The molecule has 0 saturated heterocycles. The van der Waals surface area contributed by atoms with Crippen molar-refractivity contribution in [1.82, 2.24) is 0 Å². The molecule has 31 valence electrons. The second-order valence-corrected chi connectivity index (χ2v) is 0.818. The van der Waals surface area contributed by atoms with Crippen molar-refractivity contribution in [2.75, 3.05) is 0 Å². The third-order valence-corrected chi connectivity index (χ3v) is 0.321. The Labute approximate surface area is 30.4 Å². The maximum absolute atomic E-state index is 10.9. The van der Waals surface area contributed by atoms with Gasteiger partial charge in [-0.2, -0.15) is 5.11 Å². The highest BCUT2D eigenvalue weighted by Gasteiger charge is 1.90. The van der Waals surface area contributed by atoms with Crippen molar-refractivity contribution in [3.63, 3.8) is 0 Å². The molecule has 0 bridgehead atoms. The maximum atomic E-state index is 10.9. The molecular formula is C3H6FO. The summed E-state index contributed by atoms with van der Waals surface area (Å²) in [5.74, 6) is 0. The van der Waals surface area contributed by atoms with Crippen LogP contribution < -0.4 is 0 Å². The van der Waals surface area contributed by atoms with Crippen LogP contribution in [0.1, 0.15) is 13.3 Å². The molecule has 1 nitrogen and oxygen atoms in total. The molecule has 0 N–H and O–H groups in total. The Hall–Kier alpha value is -0.110. The molecule has 0 aromatic carbocycles. The molecule has 5 heavy (non-hydrogen) atoms. The molecule has 0 unspecified atom stereocenters. The molecule has 2 heteroatoms. The Kier molecular flexibility index (Phi) is 2.10. The third-order valence-electron chi connectivity index (χ3n) is 0.321. The van der Waals surface area contributed by atoms with Gasteiger partial charge in [0, 0.05) is 6.42 Å². The smallest absolute Gasteiger partial charge is 0.213 e. The van der Waals surface area contributed by atoms with Crippen LogP contribution in [-0.4, -0.2) is 6.36 Å². The Morgan fingerprint density at radius 1 is 2.00 bits per heavy atom. The van der Waals surface area contributed by atoms with Crippen LogP contribution in [0, 0.1) is 0 Å². The minimum atomic E-state index is -1.87. The van der Waals surface area contributed by atoms with Crippen LogP contribution >= 0.6 is 0 Å². The lowest BCUT2D eigenvalue weighted by molar-refractivity contribution is -0.0242. The van der Waals surface area contributed by atoms with Crippen LogP contribution in [0.15, 0.2) is 0 Å². The first-order valence-electron chi connectivity index (χ1n) is 1.57. The lowest BCUT2D eigenvalue weighted by Gasteiger charge is -1.81. The Bertz CT molecular complexity index is 20.9. The summed E-state index contributed by atoms with van der Waals surface area (Å²) in [6, 6.07) is 0. The fraction of sp³-hybridized carbons (Fsp3) is 1.00. The summed E-state index contributed by atoms with van der Waals surface area (Å²) in [4.78, 5) is 0. The lowest BCUT2D eigenvalue weighted by atomic mass is 10.5. The van der Waals surface area contributed by atoms with Gasteiger partial charge in [-0.25, -0.2) is 4.39 Å². The molecule has 0 amide bonds. The minimum Gasteiger partial charge on any atom is -0.213 e. The zero-order valence-corrected chi connectivity index (χ0v) is 3.07. The van der Waals surface area contributed by atoms with E-state index in [0.717, 1.165) is 0 Å². The molecule has 0 aromatic rings. The molecule has 0 heterocycles. The van der Waals surface area contributed by atoms with Crippen LogP contribution in [0.3, 0.4) is 0 Å². The molecule has 1 radical (unpaired) electrons. The highest BCUT2D eigenvalue weighted by Crippen LogP contribution is 1.87. The molecule has 0 spiro atoms. The van der Waals surface area contributed by atoms with Gasteiger partial charge in [0.05, 0.1) is 0 Å². The Morgan fingerprint density at radius 2 is 2.20 bits per heavy atom. The van der Waals surface area contributed by atoms with E-state index in [1.807, 2.05) is 0 Å². The van der Waals surface area contributed by atoms with Crippen molar-refractivity contribution in [3.8, 4) is 0 Å². The summed E-state index contributed by atoms with van der Waals surface area (Å²) in [6.45, 7) is 1.51. The Balaban J connectivity index is 2.54. The zero-order valence-electron chi connectivity index (χ0n) is 3.07. The third kappa shape index (κ3) is 3.89. The van der Waals surface area contributed by atoms with E-state index in [0.29, 0.717) is 0 Å². The van der Waals surface area contributed by atoms with Gasteiger partial charge in [0.25, 0.3) is 0 Å². The largest absolute Gasteiger partial charge is 0.231 e. The Morgan fingerprint density at radius 3 is 2.20 bits per heavy atom. The molecule has 0 aromatic heterocycles. The summed E-state index contributed by atoms with van der Waals surface area (Å²) in [5, 5.41) is 9.23. The number of hydrogen-bond donors (Lipinski definition) is 0. The van der Waals surface area contributed by atoms with Gasteiger partial charge in [-0.1, -0.05) is 6.92 Å². The molecule has 0 aliphatic rings. The summed E-state index contributed by atoms with van der Waals surface area (Å²) in [5.41, 5.74) is 0. The van der Waals surface area contributed by atoms with E-state index in [2.05, 4.69) is 0 Å². The van der Waals surface area contributed by atoms with Crippen molar-refractivity contribution in [2.24, 2.45) is 0 Å². The first-order valence-corrected chi connectivity index (χ1v) is 1.57. The van der Waals surface area contributed by atoms with Gasteiger partial charge < -0.3 is 0 Å². The highest BCUT2D eigenvalue weighted by atomic mass is 19.1. The average Bonchev–Trinajstić information content (AvgIpc) is 1.38. The summed E-state index contributed by atoms with van der Waals surface area (Å²) < 4.78 is 10.9. The van der Waals surface area contributed by atoms with Gasteiger partial charge in [-0.15, -0.1) is 0 Å². The predicted octanol–water partition coefficient (Wildman–Crippen LogP) is 1.12. The van der Waals surface area contributed by atoms with E-state index in [-0.39, 0.29) is 6.42 Å². The first-order chi connectivity index (χ1) is 2.27. The molecule has 0 saturated carbocycles. The van der Waals surface area contributed by atoms with Crippen LogP contribution in [0.25, 0.3) is 0 Å². The number of rotatable bonds is 1. The van der Waals surface area contributed by atoms with E-state index in [1.165, 1.54) is 6.92 Å². The maximum Gasteiger partial charge on any atom is 0.231 e. The van der Waals surface area contributed by atoms with Gasteiger partial charge >= 0.3 is 0 Å². The van der Waals surface area contributed by atoms with Crippen molar-refractivity contribution >= 4 is 0 Å². The van der Waals surface area contributed by atoms with E-state index in [1.54, 1.807) is 0 Å². The zero-order chi connectivity index (χ0) is 4.28. The van der Waals surface area contributed by atoms with Gasteiger partial charge in [0.2, 0.25) is 6.36 Å². The second-order valence-electron chi connectivity index (χ2n) is 0.818. The highest BCUT2D eigenvalue weighted by molar-refractivity contribution is 4.22. The average molecular weight is 77.1 g/mol. The molecule has 0 aliphatic heterocycles. The van der Waals surface area contributed by atoms with Crippen LogP contribution in [-0.2, 0) is 5.11 Å². The number of halogens is 1. The molecule has 0 rings (SSSR count). The van der Waals surface area contributed by atoms with Crippen LogP contribution in [0.2, 0.25) is 0 Å². The monoisotopic (exact) mass is 77.0 g/mol. The van der Waals surface area contributed by atoms with Gasteiger partial charge in [0.1, 0.15) is 0 Å². The molecular weight excluding hydrogens is 71.0 g/mol. The normalized spacial score (nSPS) is 15.0. The minimum absolute atomic E-state index is 0.0833. The SMILES string of the molecule is CC[C@@H]([O])F. The van der Waals surface area contributed by atoms with Crippen molar-refractivity contribution in [2.45, 2.75) is 19.7 Å². The van der Waals surface area contributed by atoms with Gasteiger partial charge in [-0.05, 0) is 0 Å². The van der Waals surface area contributed by atoms with E-state index >= 15 is 0 Å². The van der Waals surface area contributed by atoms with E-state index < -0.39 is 6.36 Å². The fourth-order valence-corrected chi connectivity index (χ4v) is 0. The summed E-state index contributed by atoms with van der Waals surface area (Å²) in [6.07, 6.45) is -1.78. The van der Waals surface area contributed by atoms with Crippen molar-refractivity contribution in [1.29, 1.82) is 0 Å². The predicted molar refractivity (Wildman–Crippen MR) is 15.9 cm³/mol.